The van der Waals surface area contributed by atoms with Gasteiger partial charge in [0, 0.05) is 21.3 Å². The van der Waals surface area contributed by atoms with Crippen LogP contribution in [0.5, 0.6) is 0 Å². The highest BCUT2D eigenvalue weighted by atomic mass is 32.1. The van der Waals surface area contributed by atoms with Crippen LogP contribution in [-0.4, -0.2) is 9.55 Å². The van der Waals surface area contributed by atoms with Crippen molar-refractivity contribution in [2.24, 2.45) is 0 Å². The Bertz CT molecular complexity index is 2790. The smallest absolute Gasteiger partial charge is 0.145 e. The second kappa shape index (κ2) is 11.5. The topological polar surface area (TPSA) is 41.6 Å². The molecule has 7 aromatic carbocycles. The summed E-state index contributed by atoms with van der Waals surface area (Å²) in [5, 5.41) is 13.0. The third kappa shape index (κ3) is 4.32. The molecule has 2 heterocycles. The number of thiophene rings is 1. The highest BCUT2D eigenvalue weighted by molar-refractivity contribution is 7.17. The Morgan fingerprint density at radius 2 is 1.25 bits per heavy atom. The normalized spacial score (nSPS) is 14.7. The number of aromatic nitrogens is 2. The number of nitriles is 1. The molecule has 51 heavy (non-hydrogen) atoms. The number of rotatable bonds is 5. The first-order chi connectivity index (χ1) is 25.3. The maximum Gasteiger partial charge on any atom is 0.145 e. The van der Waals surface area contributed by atoms with Crippen LogP contribution < -0.4 is 0 Å². The van der Waals surface area contributed by atoms with Crippen LogP contribution in [-0.2, 0) is 5.41 Å². The number of benzene rings is 7. The van der Waals surface area contributed by atoms with Gasteiger partial charge in [-0.05, 0) is 98.4 Å². The maximum atomic E-state index is 9.53. The van der Waals surface area contributed by atoms with Crippen LogP contribution in [0.1, 0.15) is 27.8 Å². The molecule has 10 rings (SSSR count). The summed E-state index contributed by atoms with van der Waals surface area (Å²) >= 11 is 1.78. The van der Waals surface area contributed by atoms with Crippen molar-refractivity contribution < 1.29 is 0 Å². The molecule has 2 aromatic heterocycles. The lowest BCUT2D eigenvalue weighted by Crippen LogP contribution is -2.28. The van der Waals surface area contributed by atoms with E-state index in [0.29, 0.717) is 5.56 Å². The lowest BCUT2D eigenvalue weighted by atomic mass is 9.67. The number of para-hydroxylation sites is 3. The van der Waals surface area contributed by atoms with Crippen molar-refractivity contribution in [2.45, 2.75) is 5.41 Å². The van der Waals surface area contributed by atoms with Crippen molar-refractivity contribution in [3.05, 3.63) is 203 Å². The third-order valence-corrected chi connectivity index (χ3v) is 11.4. The molecule has 3 nitrogen and oxygen atoms in total. The van der Waals surface area contributed by atoms with Gasteiger partial charge in [0.2, 0.25) is 0 Å². The molecule has 1 unspecified atom stereocenters. The lowest BCUT2D eigenvalue weighted by molar-refractivity contribution is 0.769. The minimum absolute atomic E-state index is 0.567. The van der Waals surface area contributed by atoms with E-state index in [1.165, 1.54) is 49.0 Å². The van der Waals surface area contributed by atoms with Gasteiger partial charge in [-0.2, -0.15) is 5.26 Å². The second-order valence-electron chi connectivity index (χ2n) is 13.0. The predicted molar refractivity (Wildman–Crippen MR) is 209 cm³/mol. The molecule has 0 amide bonds. The van der Waals surface area contributed by atoms with Gasteiger partial charge in [-0.15, -0.1) is 11.3 Å². The van der Waals surface area contributed by atoms with Gasteiger partial charge in [0.25, 0.3) is 0 Å². The van der Waals surface area contributed by atoms with Gasteiger partial charge in [-0.1, -0.05) is 121 Å². The van der Waals surface area contributed by atoms with Gasteiger partial charge in [0.1, 0.15) is 5.82 Å². The van der Waals surface area contributed by atoms with Crippen LogP contribution in [0.4, 0.5) is 0 Å². The summed E-state index contributed by atoms with van der Waals surface area (Å²) in [5.74, 6) is 0.915. The van der Waals surface area contributed by atoms with Crippen LogP contribution in [0.15, 0.2) is 175 Å². The van der Waals surface area contributed by atoms with Gasteiger partial charge >= 0.3 is 0 Å². The zero-order valence-corrected chi connectivity index (χ0v) is 28.3. The van der Waals surface area contributed by atoms with Gasteiger partial charge in [0.05, 0.1) is 28.1 Å². The molecule has 4 heteroatoms. The molecule has 1 aliphatic carbocycles. The van der Waals surface area contributed by atoms with E-state index in [4.69, 9.17) is 4.98 Å². The van der Waals surface area contributed by atoms with Crippen molar-refractivity contribution in [1.82, 2.24) is 9.55 Å². The summed E-state index contributed by atoms with van der Waals surface area (Å²) in [5.41, 5.74) is 14.1. The van der Waals surface area contributed by atoms with Crippen molar-refractivity contribution in [2.75, 3.05) is 0 Å². The highest BCUT2D eigenvalue weighted by Gasteiger charge is 2.47. The molecule has 0 saturated carbocycles. The first-order valence-electron chi connectivity index (χ1n) is 17.1. The molecule has 0 aliphatic heterocycles. The van der Waals surface area contributed by atoms with E-state index in [-0.39, 0.29) is 0 Å². The summed E-state index contributed by atoms with van der Waals surface area (Å²) in [6.45, 7) is 0. The van der Waals surface area contributed by atoms with Gasteiger partial charge in [-0.3, -0.25) is 4.57 Å². The second-order valence-corrected chi connectivity index (χ2v) is 13.9. The number of hydrogen-bond donors (Lipinski definition) is 0. The molecule has 0 fully saturated rings. The number of nitrogens with zero attached hydrogens (tertiary/aromatic N) is 3. The SMILES string of the molecule is N#Cc1ccc(-c2cc3c(c4ccsc24)-c2ccccc2C3(c2ccccc2)c2ccc(-c3nc4ccccc4n3-c3ccccc3)cc2)cc1. The molecule has 0 radical (unpaired) electrons. The van der Waals surface area contributed by atoms with E-state index in [0.717, 1.165) is 33.7 Å². The average molecular weight is 668 g/mol. The largest absolute Gasteiger partial charge is 0.292 e. The fourth-order valence-electron chi connectivity index (χ4n) is 8.24. The van der Waals surface area contributed by atoms with E-state index in [1.807, 2.05) is 24.3 Å². The summed E-state index contributed by atoms with van der Waals surface area (Å²) < 4.78 is 3.52. The third-order valence-electron chi connectivity index (χ3n) is 10.4. The van der Waals surface area contributed by atoms with Crippen molar-refractivity contribution >= 4 is 32.5 Å². The average Bonchev–Trinajstić information content (AvgIpc) is 3.92. The summed E-state index contributed by atoms with van der Waals surface area (Å²) in [7, 11) is 0. The molecule has 0 spiro atoms. The number of fused-ring (bicyclic) bond motifs is 6. The molecule has 9 aromatic rings. The standard InChI is InChI=1S/C47H29N3S/c48-30-31-19-21-32(22-20-31)39-29-41-44(38-27-28-51-45(38)39)37-15-7-8-16-40(37)47(41,34-11-3-1-4-12-34)35-25-23-33(24-26-35)46-49-42-17-9-10-18-43(42)50(46)36-13-5-2-6-14-36/h1-29H. The Morgan fingerprint density at radius 3 is 2.04 bits per heavy atom. The minimum atomic E-state index is -0.567. The van der Waals surface area contributed by atoms with Crippen LogP contribution >= 0.6 is 11.3 Å². The Morgan fingerprint density at radius 1 is 0.588 bits per heavy atom. The summed E-state index contributed by atoms with van der Waals surface area (Å²) in [6, 6.07) is 62.8. The van der Waals surface area contributed by atoms with Gasteiger partial charge in [0.15, 0.2) is 0 Å². The van der Waals surface area contributed by atoms with Crippen LogP contribution in [0.25, 0.3) is 60.4 Å². The Labute approximate surface area is 300 Å². The van der Waals surface area contributed by atoms with E-state index >= 15 is 0 Å². The number of imidazole rings is 1. The molecule has 0 saturated heterocycles. The Hall–Kier alpha value is -6.54. The maximum absolute atomic E-state index is 9.53. The fourth-order valence-corrected chi connectivity index (χ4v) is 9.18. The van der Waals surface area contributed by atoms with E-state index in [9.17, 15) is 5.26 Å². The van der Waals surface area contributed by atoms with Crippen molar-refractivity contribution in [1.29, 1.82) is 5.26 Å². The quantitative estimate of drug-likeness (QED) is 0.183. The number of hydrogen-bond acceptors (Lipinski definition) is 3. The first-order valence-corrected chi connectivity index (χ1v) is 18.0. The fraction of sp³-hybridized carbons (Fsp3) is 0.0213. The molecule has 238 valence electrons. The molecular formula is C47H29N3S. The van der Waals surface area contributed by atoms with E-state index in [2.05, 4.69) is 162 Å². The Kier molecular flexibility index (Phi) is 6.64. The zero-order valence-electron chi connectivity index (χ0n) is 27.5. The summed E-state index contributed by atoms with van der Waals surface area (Å²) in [6.07, 6.45) is 0. The molecule has 1 aliphatic rings. The molecule has 1 atom stereocenters. The van der Waals surface area contributed by atoms with E-state index < -0.39 is 5.41 Å². The van der Waals surface area contributed by atoms with E-state index in [1.54, 1.807) is 11.3 Å². The first kappa shape index (κ1) is 29.4. The lowest BCUT2D eigenvalue weighted by Gasteiger charge is -2.34. The van der Waals surface area contributed by atoms with Crippen molar-refractivity contribution in [3.8, 4) is 45.4 Å². The van der Waals surface area contributed by atoms with Crippen LogP contribution in [0.2, 0.25) is 0 Å². The van der Waals surface area contributed by atoms with Crippen molar-refractivity contribution in [3.63, 3.8) is 0 Å². The predicted octanol–water partition coefficient (Wildman–Crippen LogP) is 11.8. The Balaban J connectivity index is 1.24. The van der Waals surface area contributed by atoms with Gasteiger partial charge in [-0.25, -0.2) is 4.98 Å². The van der Waals surface area contributed by atoms with Gasteiger partial charge < -0.3 is 0 Å². The zero-order chi connectivity index (χ0) is 33.9. The van der Waals surface area contributed by atoms with Crippen LogP contribution in [0.3, 0.4) is 0 Å². The molecular weight excluding hydrogens is 639 g/mol. The van der Waals surface area contributed by atoms with Crippen LogP contribution in [0, 0.1) is 11.3 Å². The minimum Gasteiger partial charge on any atom is -0.292 e. The molecule has 0 bridgehead atoms. The summed E-state index contributed by atoms with van der Waals surface area (Å²) in [4.78, 5) is 5.16. The monoisotopic (exact) mass is 667 g/mol. The molecule has 0 N–H and O–H groups in total. The highest BCUT2D eigenvalue weighted by Crippen LogP contribution is 2.59.